The molecule has 0 fully saturated rings. The number of carbonyl (C=O) groups is 2. The fraction of sp³-hybridized carbons (Fsp3) is 0.600. The molecule has 8 nitrogen and oxygen atoms in total. The molecule has 1 atom stereocenters. The maximum atomic E-state index is 11.5. The molecule has 106 valence electrons. The molecule has 0 bridgehead atoms. The van der Waals surface area contributed by atoms with E-state index >= 15 is 0 Å². The van der Waals surface area contributed by atoms with Crippen molar-refractivity contribution in [1.29, 1.82) is 0 Å². The van der Waals surface area contributed by atoms with Crippen molar-refractivity contribution >= 4 is 23.8 Å². The summed E-state index contributed by atoms with van der Waals surface area (Å²) >= 11 is 1.53. The highest BCUT2D eigenvalue weighted by molar-refractivity contribution is 7.98. The Labute approximate surface area is 115 Å². The van der Waals surface area contributed by atoms with E-state index in [-0.39, 0.29) is 6.54 Å². The fourth-order valence-electron chi connectivity index (χ4n) is 1.33. The minimum absolute atomic E-state index is 0.154. The van der Waals surface area contributed by atoms with Crippen LogP contribution in [0.1, 0.15) is 12.2 Å². The van der Waals surface area contributed by atoms with E-state index in [0.29, 0.717) is 18.0 Å². The van der Waals surface area contributed by atoms with Crippen LogP contribution in [0.2, 0.25) is 0 Å². The van der Waals surface area contributed by atoms with Crippen molar-refractivity contribution in [2.24, 2.45) is 7.05 Å². The number of rotatable bonds is 7. The van der Waals surface area contributed by atoms with Crippen LogP contribution in [0.4, 0.5) is 4.79 Å². The Morgan fingerprint density at radius 1 is 1.58 bits per heavy atom. The number of carbonyl (C=O) groups excluding carboxylic acids is 1. The highest BCUT2D eigenvalue weighted by Gasteiger charge is 2.19. The predicted octanol–water partition coefficient (Wildman–Crippen LogP) is -0.179. The standard InChI is InChI=1S/C10H17N5O3S/c1-15-6-12-8(14-15)5-11-10(18)13-7(9(16)17)3-4-19-2/h6-7H,3-5H2,1-2H3,(H,16,17)(H2,11,13,18)/t7-/m0/s1. The first-order chi connectivity index (χ1) is 9.02. The van der Waals surface area contributed by atoms with Crippen LogP contribution in [0.5, 0.6) is 0 Å². The lowest BCUT2D eigenvalue weighted by molar-refractivity contribution is -0.139. The quantitative estimate of drug-likeness (QED) is 0.642. The molecule has 0 spiro atoms. The van der Waals surface area contributed by atoms with E-state index < -0.39 is 18.0 Å². The monoisotopic (exact) mass is 287 g/mol. The van der Waals surface area contributed by atoms with Gasteiger partial charge in [0.25, 0.3) is 0 Å². The SMILES string of the molecule is CSCC[C@H](NC(=O)NCc1ncn(C)n1)C(=O)O. The van der Waals surface area contributed by atoms with Crippen LogP contribution in [0.3, 0.4) is 0 Å². The number of nitrogens with zero attached hydrogens (tertiary/aromatic N) is 3. The number of aromatic nitrogens is 3. The van der Waals surface area contributed by atoms with Crippen LogP contribution in [-0.4, -0.2) is 49.9 Å². The van der Waals surface area contributed by atoms with E-state index in [1.807, 2.05) is 6.26 Å². The lowest BCUT2D eigenvalue weighted by Crippen LogP contribution is -2.46. The van der Waals surface area contributed by atoms with Crippen molar-refractivity contribution in [1.82, 2.24) is 25.4 Å². The van der Waals surface area contributed by atoms with E-state index in [1.54, 1.807) is 7.05 Å². The number of urea groups is 1. The zero-order valence-electron chi connectivity index (χ0n) is 10.8. The molecule has 0 aliphatic heterocycles. The number of carboxylic acid groups (broad SMARTS) is 1. The van der Waals surface area contributed by atoms with Gasteiger partial charge in [-0.1, -0.05) is 0 Å². The van der Waals surface area contributed by atoms with Crippen LogP contribution >= 0.6 is 11.8 Å². The first-order valence-electron chi connectivity index (χ1n) is 5.63. The van der Waals surface area contributed by atoms with Gasteiger partial charge in [-0.25, -0.2) is 14.6 Å². The minimum Gasteiger partial charge on any atom is -0.480 e. The Morgan fingerprint density at radius 3 is 2.84 bits per heavy atom. The van der Waals surface area contributed by atoms with Crippen molar-refractivity contribution in [2.75, 3.05) is 12.0 Å². The van der Waals surface area contributed by atoms with E-state index in [1.165, 1.54) is 22.8 Å². The second-order valence-corrected chi connectivity index (χ2v) is 4.82. The molecule has 0 saturated heterocycles. The van der Waals surface area contributed by atoms with Crippen molar-refractivity contribution < 1.29 is 14.7 Å². The van der Waals surface area contributed by atoms with Crippen molar-refractivity contribution in [2.45, 2.75) is 19.0 Å². The molecule has 0 aliphatic carbocycles. The van der Waals surface area contributed by atoms with Crippen molar-refractivity contribution in [3.8, 4) is 0 Å². The molecular formula is C10H17N5O3S. The average Bonchev–Trinajstić information content (AvgIpc) is 2.77. The molecule has 19 heavy (non-hydrogen) atoms. The first kappa shape index (κ1) is 15.3. The Balaban J connectivity index is 2.37. The third-order valence-corrected chi connectivity index (χ3v) is 2.91. The van der Waals surface area contributed by atoms with Crippen LogP contribution in [0, 0.1) is 0 Å². The van der Waals surface area contributed by atoms with Crippen LogP contribution < -0.4 is 10.6 Å². The molecule has 0 aromatic carbocycles. The average molecular weight is 287 g/mol. The number of hydrogen-bond donors (Lipinski definition) is 3. The van der Waals surface area contributed by atoms with Gasteiger partial charge in [0.15, 0.2) is 5.82 Å². The van der Waals surface area contributed by atoms with Gasteiger partial charge in [0.2, 0.25) is 0 Å². The Bertz CT molecular complexity index is 437. The third-order valence-electron chi connectivity index (χ3n) is 2.27. The number of thioether (sulfide) groups is 1. The lowest BCUT2D eigenvalue weighted by Gasteiger charge is -2.14. The maximum Gasteiger partial charge on any atom is 0.326 e. The second-order valence-electron chi connectivity index (χ2n) is 3.83. The summed E-state index contributed by atoms with van der Waals surface area (Å²) in [4.78, 5) is 26.4. The maximum absolute atomic E-state index is 11.5. The summed E-state index contributed by atoms with van der Waals surface area (Å²) in [6.45, 7) is 0.154. The summed E-state index contributed by atoms with van der Waals surface area (Å²) in [7, 11) is 1.72. The minimum atomic E-state index is -1.04. The van der Waals surface area contributed by atoms with Gasteiger partial charge in [0, 0.05) is 7.05 Å². The molecule has 0 unspecified atom stereocenters. The zero-order chi connectivity index (χ0) is 14.3. The van der Waals surface area contributed by atoms with Gasteiger partial charge in [0.1, 0.15) is 12.4 Å². The molecule has 0 radical (unpaired) electrons. The molecule has 2 amide bonds. The summed E-state index contributed by atoms with van der Waals surface area (Å²) in [5.74, 6) is 0.0905. The second kappa shape index (κ2) is 7.62. The summed E-state index contributed by atoms with van der Waals surface area (Å²) < 4.78 is 1.52. The normalized spacial score (nSPS) is 11.9. The zero-order valence-corrected chi connectivity index (χ0v) is 11.6. The molecule has 3 N–H and O–H groups in total. The molecule has 0 aliphatic rings. The number of hydrogen-bond acceptors (Lipinski definition) is 5. The number of amides is 2. The molecule has 1 aromatic heterocycles. The largest absolute Gasteiger partial charge is 0.480 e. The van der Waals surface area contributed by atoms with E-state index in [4.69, 9.17) is 5.11 Å². The smallest absolute Gasteiger partial charge is 0.326 e. The van der Waals surface area contributed by atoms with Gasteiger partial charge in [-0.15, -0.1) is 0 Å². The Morgan fingerprint density at radius 2 is 2.32 bits per heavy atom. The van der Waals surface area contributed by atoms with Gasteiger partial charge < -0.3 is 15.7 Å². The summed E-state index contributed by atoms with van der Waals surface area (Å²) in [5.41, 5.74) is 0. The Kier molecular flexibility index (Phi) is 6.13. The lowest BCUT2D eigenvalue weighted by atomic mass is 10.2. The molecule has 1 aromatic rings. The van der Waals surface area contributed by atoms with Crippen LogP contribution in [0.15, 0.2) is 6.33 Å². The number of nitrogens with one attached hydrogen (secondary N) is 2. The third kappa shape index (κ3) is 5.60. The van der Waals surface area contributed by atoms with Gasteiger partial charge in [-0.05, 0) is 18.4 Å². The summed E-state index contributed by atoms with van der Waals surface area (Å²) in [6.07, 6.45) is 3.78. The highest BCUT2D eigenvalue weighted by Crippen LogP contribution is 2.00. The van der Waals surface area contributed by atoms with E-state index in [0.717, 1.165) is 0 Å². The van der Waals surface area contributed by atoms with Gasteiger partial charge in [-0.2, -0.15) is 16.9 Å². The number of aryl methyl sites for hydroxylation is 1. The molecule has 1 heterocycles. The van der Waals surface area contributed by atoms with Gasteiger partial charge in [-0.3, -0.25) is 4.68 Å². The fourth-order valence-corrected chi connectivity index (χ4v) is 1.80. The predicted molar refractivity (Wildman–Crippen MR) is 70.8 cm³/mol. The van der Waals surface area contributed by atoms with Crippen LogP contribution in [0.25, 0.3) is 0 Å². The van der Waals surface area contributed by atoms with Crippen molar-refractivity contribution in [3.63, 3.8) is 0 Å². The van der Waals surface area contributed by atoms with Crippen LogP contribution in [-0.2, 0) is 18.4 Å². The topological polar surface area (TPSA) is 109 Å². The summed E-state index contributed by atoms with van der Waals surface area (Å²) in [5, 5.41) is 17.9. The van der Waals surface area contributed by atoms with E-state index in [2.05, 4.69) is 20.7 Å². The summed E-state index contributed by atoms with van der Waals surface area (Å²) in [6, 6.07) is -1.43. The molecule has 9 heteroatoms. The first-order valence-corrected chi connectivity index (χ1v) is 7.03. The van der Waals surface area contributed by atoms with Gasteiger partial charge >= 0.3 is 12.0 Å². The number of aliphatic carboxylic acids is 1. The Hall–Kier alpha value is -1.77. The number of carboxylic acids is 1. The van der Waals surface area contributed by atoms with Gasteiger partial charge in [0.05, 0.1) is 6.54 Å². The molecular weight excluding hydrogens is 270 g/mol. The molecule has 1 rings (SSSR count). The van der Waals surface area contributed by atoms with E-state index in [9.17, 15) is 9.59 Å². The highest BCUT2D eigenvalue weighted by atomic mass is 32.2. The van der Waals surface area contributed by atoms with Crippen molar-refractivity contribution in [3.05, 3.63) is 12.2 Å². The molecule has 0 saturated carbocycles.